The van der Waals surface area contributed by atoms with Crippen LogP contribution in [0.15, 0.2) is 15.3 Å². The molecule has 1 N–H and O–H groups in total. The third-order valence-electron chi connectivity index (χ3n) is 2.09. The SMILES string of the molecule is CCCCC(=O)c1c(O)cc(C)oc1=O. The van der Waals surface area contributed by atoms with Crippen molar-refractivity contribution in [1.29, 1.82) is 0 Å². The van der Waals surface area contributed by atoms with Gasteiger partial charge >= 0.3 is 5.63 Å². The number of ketones is 1. The minimum Gasteiger partial charge on any atom is -0.507 e. The zero-order valence-corrected chi connectivity index (χ0v) is 8.87. The maximum Gasteiger partial charge on any atom is 0.350 e. The molecular weight excluding hydrogens is 196 g/mol. The molecule has 1 heterocycles. The van der Waals surface area contributed by atoms with Crippen molar-refractivity contribution in [3.63, 3.8) is 0 Å². The Labute approximate surface area is 87.5 Å². The van der Waals surface area contributed by atoms with Crippen LogP contribution >= 0.6 is 0 Å². The molecule has 0 aliphatic rings. The first-order valence-electron chi connectivity index (χ1n) is 4.93. The Hall–Kier alpha value is -1.58. The van der Waals surface area contributed by atoms with Crippen LogP contribution in [-0.4, -0.2) is 10.9 Å². The van der Waals surface area contributed by atoms with E-state index < -0.39 is 5.63 Å². The second-order valence-electron chi connectivity index (χ2n) is 3.43. The number of rotatable bonds is 4. The minimum atomic E-state index is -0.756. The highest BCUT2D eigenvalue weighted by Crippen LogP contribution is 2.16. The van der Waals surface area contributed by atoms with E-state index in [1.165, 1.54) is 6.07 Å². The molecule has 0 unspecified atom stereocenters. The minimum absolute atomic E-state index is 0.228. The van der Waals surface area contributed by atoms with E-state index in [0.29, 0.717) is 12.2 Å². The molecule has 0 saturated carbocycles. The highest BCUT2D eigenvalue weighted by Gasteiger charge is 2.17. The predicted molar refractivity (Wildman–Crippen MR) is 55.2 cm³/mol. The summed E-state index contributed by atoms with van der Waals surface area (Å²) in [5.41, 5.74) is -0.984. The molecular formula is C11H14O4. The number of aryl methyl sites for hydroxylation is 1. The van der Waals surface area contributed by atoms with E-state index in [-0.39, 0.29) is 23.5 Å². The summed E-state index contributed by atoms with van der Waals surface area (Å²) >= 11 is 0. The average molecular weight is 210 g/mol. The van der Waals surface area contributed by atoms with E-state index in [4.69, 9.17) is 4.42 Å². The van der Waals surface area contributed by atoms with Crippen molar-refractivity contribution in [3.05, 3.63) is 27.8 Å². The number of unbranched alkanes of at least 4 members (excludes halogenated alkanes) is 1. The molecule has 0 atom stereocenters. The van der Waals surface area contributed by atoms with Crippen molar-refractivity contribution in [2.75, 3.05) is 0 Å². The van der Waals surface area contributed by atoms with Crippen LogP contribution in [0.3, 0.4) is 0 Å². The van der Waals surface area contributed by atoms with Crippen LogP contribution in [-0.2, 0) is 0 Å². The first-order chi connectivity index (χ1) is 7.06. The Balaban J connectivity index is 3.04. The summed E-state index contributed by atoms with van der Waals surface area (Å²) in [6.07, 6.45) is 1.83. The standard InChI is InChI=1S/C11H14O4/c1-3-4-5-8(12)10-9(13)6-7(2)15-11(10)14/h6,13H,3-5H2,1-2H3. The zero-order valence-electron chi connectivity index (χ0n) is 8.87. The lowest BCUT2D eigenvalue weighted by molar-refractivity contribution is 0.0972. The summed E-state index contributed by atoms with van der Waals surface area (Å²) in [5.74, 6) is -0.350. The summed E-state index contributed by atoms with van der Waals surface area (Å²) in [4.78, 5) is 22.9. The number of hydrogen-bond donors (Lipinski definition) is 1. The van der Waals surface area contributed by atoms with Crippen LogP contribution in [0.1, 0.15) is 42.3 Å². The molecule has 0 aliphatic heterocycles. The second-order valence-corrected chi connectivity index (χ2v) is 3.43. The van der Waals surface area contributed by atoms with Crippen LogP contribution in [0.25, 0.3) is 0 Å². The van der Waals surface area contributed by atoms with Crippen molar-refractivity contribution in [2.24, 2.45) is 0 Å². The van der Waals surface area contributed by atoms with Crippen molar-refractivity contribution in [2.45, 2.75) is 33.1 Å². The molecule has 0 bridgehead atoms. The van der Waals surface area contributed by atoms with Crippen LogP contribution < -0.4 is 5.63 Å². The number of carbonyl (C=O) groups is 1. The van der Waals surface area contributed by atoms with Gasteiger partial charge in [0.1, 0.15) is 17.1 Å². The molecule has 0 spiro atoms. The Morgan fingerprint density at radius 1 is 1.53 bits per heavy atom. The molecule has 0 radical (unpaired) electrons. The Morgan fingerprint density at radius 3 is 2.73 bits per heavy atom. The van der Waals surface area contributed by atoms with E-state index in [2.05, 4.69) is 0 Å². The van der Waals surface area contributed by atoms with Crippen molar-refractivity contribution in [1.82, 2.24) is 0 Å². The summed E-state index contributed by atoms with van der Waals surface area (Å²) in [7, 11) is 0. The zero-order chi connectivity index (χ0) is 11.4. The lowest BCUT2D eigenvalue weighted by Crippen LogP contribution is -2.14. The van der Waals surface area contributed by atoms with E-state index in [0.717, 1.165) is 6.42 Å². The van der Waals surface area contributed by atoms with Gasteiger partial charge in [-0.05, 0) is 13.3 Å². The van der Waals surface area contributed by atoms with Crippen molar-refractivity contribution in [3.8, 4) is 5.75 Å². The van der Waals surface area contributed by atoms with Gasteiger partial charge in [-0.2, -0.15) is 0 Å². The molecule has 1 aromatic rings. The molecule has 0 amide bonds. The Kier molecular flexibility index (Phi) is 3.66. The van der Waals surface area contributed by atoms with Crippen LogP contribution in [0.5, 0.6) is 5.75 Å². The topological polar surface area (TPSA) is 67.5 Å². The Bertz CT molecular complexity index is 417. The van der Waals surface area contributed by atoms with Gasteiger partial charge in [-0.3, -0.25) is 4.79 Å². The van der Waals surface area contributed by atoms with Gasteiger partial charge in [0.15, 0.2) is 5.78 Å². The molecule has 4 heteroatoms. The van der Waals surface area contributed by atoms with Gasteiger partial charge in [-0.1, -0.05) is 13.3 Å². The largest absolute Gasteiger partial charge is 0.507 e. The predicted octanol–water partition coefficient (Wildman–Crippen LogP) is 2.03. The van der Waals surface area contributed by atoms with Gasteiger partial charge in [0.25, 0.3) is 0 Å². The van der Waals surface area contributed by atoms with Gasteiger partial charge < -0.3 is 9.52 Å². The summed E-state index contributed by atoms with van der Waals surface area (Å²) in [6, 6.07) is 1.28. The quantitative estimate of drug-likeness (QED) is 0.772. The molecule has 0 aromatic carbocycles. The molecule has 4 nitrogen and oxygen atoms in total. The van der Waals surface area contributed by atoms with Gasteiger partial charge in [-0.25, -0.2) is 4.79 Å². The molecule has 0 saturated heterocycles. The van der Waals surface area contributed by atoms with E-state index in [1.807, 2.05) is 6.92 Å². The van der Waals surface area contributed by atoms with Crippen LogP contribution in [0.2, 0.25) is 0 Å². The molecule has 1 rings (SSSR count). The monoisotopic (exact) mass is 210 g/mol. The summed E-state index contributed by atoms with van der Waals surface area (Å²) in [5, 5.41) is 9.46. The normalized spacial score (nSPS) is 10.3. The fourth-order valence-corrected chi connectivity index (χ4v) is 1.31. The number of hydrogen-bond acceptors (Lipinski definition) is 4. The first-order valence-corrected chi connectivity index (χ1v) is 4.93. The Morgan fingerprint density at radius 2 is 2.20 bits per heavy atom. The van der Waals surface area contributed by atoms with Gasteiger partial charge in [0.05, 0.1) is 0 Å². The fourth-order valence-electron chi connectivity index (χ4n) is 1.31. The number of aromatic hydroxyl groups is 1. The maximum atomic E-state index is 11.5. The second kappa shape index (κ2) is 4.77. The molecule has 0 fully saturated rings. The third kappa shape index (κ3) is 2.68. The summed E-state index contributed by atoms with van der Waals surface area (Å²) in [6.45, 7) is 3.49. The number of Topliss-reactive ketones (excluding diaryl/α,β-unsaturated/α-hetero) is 1. The molecule has 15 heavy (non-hydrogen) atoms. The lowest BCUT2D eigenvalue weighted by Gasteiger charge is -2.02. The number of carbonyl (C=O) groups excluding carboxylic acids is 1. The summed E-state index contributed by atoms with van der Waals surface area (Å²) < 4.78 is 4.75. The lowest BCUT2D eigenvalue weighted by atomic mass is 10.1. The van der Waals surface area contributed by atoms with E-state index >= 15 is 0 Å². The van der Waals surface area contributed by atoms with E-state index in [9.17, 15) is 14.7 Å². The smallest absolute Gasteiger partial charge is 0.350 e. The van der Waals surface area contributed by atoms with Crippen LogP contribution in [0.4, 0.5) is 0 Å². The van der Waals surface area contributed by atoms with Crippen molar-refractivity contribution >= 4 is 5.78 Å². The maximum absolute atomic E-state index is 11.5. The molecule has 82 valence electrons. The van der Waals surface area contributed by atoms with Gasteiger partial charge in [-0.15, -0.1) is 0 Å². The fraction of sp³-hybridized carbons (Fsp3) is 0.455. The van der Waals surface area contributed by atoms with Gasteiger partial charge in [0.2, 0.25) is 0 Å². The first kappa shape index (κ1) is 11.5. The molecule has 1 aromatic heterocycles. The highest BCUT2D eigenvalue weighted by atomic mass is 16.4. The average Bonchev–Trinajstić information content (AvgIpc) is 2.12. The highest BCUT2D eigenvalue weighted by molar-refractivity contribution is 5.97. The van der Waals surface area contributed by atoms with Crippen molar-refractivity contribution < 1.29 is 14.3 Å². The third-order valence-corrected chi connectivity index (χ3v) is 2.09. The molecule has 0 aliphatic carbocycles. The van der Waals surface area contributed by atoms with E-state index in [1.54, 1.807) is 6.92 Å². The van der Waals surface area contributed by atoms with Gasteiger partial charge in [0, 0.05) is 12.5 Å². The van der Waals surface area contributed by atoms with Crippen LogP contribution in [0, 0.1) is 6.92 Å².